The number of likely N-dealkylation sites (N-methyl/N-ethyl adjacent to an activating group) is 1. The Morgan fingerprint density at radius 1 is 1.40 bits per heavy atom. The molecule has 0 unspecified atom stereocenters. The van der Waals surface area contributed by atoms with Crippen molar-refractivity contribution < 1.29 is 5.11 Å². The fourth-order valence-electron chi connectivity index (χ4n) is 2.49. The van der Waals surface area contributed by atoms with Gasteiger partial charge in [0.2, 0.25) is 0 Å². The number of pyridine rings is 1. The highest BCUT2D eigenvalue weighted by Crippen LogP contribution is 2.20. The van der Waals surface area contributed by atoms with Crippen LogP contribution >= 0.6 is 0 Å². The predicted molar refractivity (Wildman–Crippen MR) is 79.4 cm³/mol. The number of fused-ring (bicyclic) bond motifs is 1. The Morgan fingerprint density at radius 3 is 2.75 bits per heavy atom. The molecule has 20 heavy (non-hydrogen) atoms. The second-order valence-electron chi connectivity index (χ2n) is 5.75. The summed E-state index contributed by atoms with van der Waals surface area (Å²) in [6.07, 6.45) is 3.95. The van der Waals surface area contributed by atoms with Crippen molar-refractivity contribution in [2.45, 2.75) is 32.9 Å². The SMILES string of the molecule is CCN(Cc1cn2ccccc2c1C#N)CC(C)(C)O. The van der Waals surface area contributed by atoms with Crippen LogP contribution in [0.5, 0.6) is 0 Å². The predicted octanol–water partition coefficient (Wildman–Crippen LogP) is 2.40. The molecule has 106 valence electrons. The van der Waals surface area contributed by atoms with E-state index < -0.39 is 5.60 Å². The highest BCUT2D eigenvalue weighted by molar-refractivity contribution is 5.65. The number of hydrogen-bond donors (Lipinski definition) is 1. The van der Waals surface area contributed by atoms with Crippen LogP contribution in [0.1, 0.15) is 31.9 Å². The molecular formula is C16H21N3O. The molecule has 0 fully saturated rings. The summed E-state index contributed by atoms with van der Waals surface area (Å²) in [5.41, 5.74) is 1.93. The second-order valence-corrected chi connectivity index (χ2v) is 5.75. The maximum Gasteiger partial charge on any atom is 0.102 e. The van der Waals surface area contributed by atoms with Gasteiger partial charge >= 0.3 is 0 Å². The van der Waals surface area contributed by atoms with E-state index in [2.05, 4.69) is 17.9 Å². The average Bonchev–Trinajstić information content (AvgIpc) is 2.73. The molecule has 0 atom stereocenters. The van der Waals surface area contributed by atoms with Crippen LogP contribution in [0, 0.1) is 11.3 Å². The van der Waals surface area contributed by atoms with Crippen LogP contribution in [0.4, 0.5) is 0 Å². The first-order chi connectivity index (χ1) is 9.44. The fourth-order valence-corrected chi connectivity index (χ4v) is 2.49. The minimum Gasteiger partial charge on any atom is -0.389 e. The van der Waals surface area contributed by atoms with Crippen LogP contribution in [-0.4, -0.2) is 33.1 Å². The van der Waals surface area contributed by atoms with Crippen molar-refractivity contribution in [2.75, 3.05) is 13.1 Å². The van der Waals surface area contributed by atoms with E-state index in [1.165, 1.54) is 0 Å². The molecule has 0 aliphatic rings. The quantitative estimate of drug-likeness (QED) is 0.908. The van der Waals surface area contributed by atoms with Gasteiger partial charge in [-0.2, -0.15) is 5.26 Å². The van der Waals surface area contributed by atoms with Gasteiger partial charge in [-0.05, 0) is 32.5 Å². The Balaban J connectivity index is 2.31. The Bertz CT molecular complexity index is 631. The lowest BCUT2D eigenvalue weighted by Gasteiger charge is -2.27. The summed E-state index contributed by atoms with van der Waals surface area (Å²) in [6, 6.07) is 8.14. The van der Waals surface area contributed by atoms with E-state index >= 15 is 0 Å². The van der Waals surface area contributed by atoms with Gasteiger partial charge in [0.25, 0.3) is 0 Å². The maximum atomic E-state index is 9.95. The zero-order chi connectivity index (χ0) is 14.8. The van der Waals surface area contributed by atoms with Gasteiger partial charge in [-0.1, -0.05) is 13.0 Å². The Labute approximate surface area is 119 Å². The first-order valence-electron chi connectivity index (χ1n) is 6.88. The molecule has 0 bridgehead atoms. The molecular weight excluding hydrogens is 250 g/mol. The number of hydrogen-bond acceptors (Lipinski definition) is 3. The Kier molecular flexibility index (Phi) is 4.12. The molecule has 1 N–H and O–H groups in total. The molecule has 4 nitrogen and oxygen atoms in total. The molecule has 0 saturated heterocycles. The van der Waals surface area contributed by atoms with Crippen LogP contribution in [0.2, 0.25) is 0 Å². The highest BCUT2D eigenvalue weighted by Gasteiger charge is 2.19. The molecule has 0 aromatic carbocycles. The topological polar surface area (TPSA) is 51.7 Å². The van der Waals surface area contributed by atoms with E-state index in [4.69, 9.17) is 0 Å². The van der Waals surface area contributed by atoms with Crippen molar-refractivity contribution in [3.63, 3.8) is 0 Å². The van der Waals surface area contributed by atoms with Gasteiger partial charge in [-0.25, -0.2) is 0 Å². The average molecular weight is 271 g/mol. The zero-order valence-electron chi connectivity index (χ0n) is 12.3. The number of aliphatic hydroxyl groups is 1. The lowest BCUT2D eigenvalue weighted by atomic mass is 10.1. The first kappa shape index (κ1) is 14.6. The summed E-state index contributed by atoms with van der Waals surface area (Å²) in [4.78, 5) is 2.15. The van der Waals surface area contributed by atoms with Gasteiger partial charge in [0.15, 0.2) is 0 Å². The molecule has 0 amide bonds. The van der Waals surface area contributed by atoms with Gasteiger partial charge in [0.1, 0.15) is 6.07 Å². The van der Waals surface area contributed by atoms with Gasteiger partial charge in [0, 0.05) is 31.0 Å². The maximum absolute atomic E-state index is 9.95. The summed E-state index contributed by atoms with van der Waals surface area (Å²) in [5, 5.41) is 19.3. The van der Waals surface area contributed by atoms with Gasteiger partial charge in [-0.3, -0.25) is 4.90 Å². The second kappa shape index (κ2) is 5.66. The van der Waals surface area contributed by atoms with E-state index in [1.807, 2.05) is 35.0 Å². The summed E-state index contributed by atoms with van der Waals surface area (Å²) in [7, 11) is 0. The van der Waals surface area contributed by atoms with Crippen molar-refractivity contribution in [2.24, 2.45) is 0 Å². The minimum atomic E-state index is -0.734. The van der Waals surface area contributed by atoms with Crippen molar-refractivity contribution in [3.8, 4) is 6.07 Å². The third-order valence-corrected chi connectivity index (χ3v) is 3.33. The van der Waals surface area contributed by atoms with Gasteiger partial charge < -0.3 is 9.51 Å². The number of nitriles is 1. The number of aromatic nitrogens is 1. The summed E-state index contributed by atoms with van der Waals surface area (Å²) in [6.45, 7) is 7.76. The zero-order valence-corrected chi connectivity index (χ0v) is 12.3. The normalized spacial score (nSPS) is 12.0. The minimum absolute atomic E-state index is 0.584. The van der Waals surface area contributed by atoms with Crippen LogP contribution in [0.3, 0.4) is 0 Å². The van der Waals surface area contributed by atoms with Gasteiger partial charge in [-0.15, -0.1) is 0 Å². The smallest absolute Gasteiger partial charge is 0.102 e. The molecule has 0 aliphatic heterocycles. The lowest BCUT2D eigenvalue weighted by molar-refractivity contribution is 0.0353. The van der Waals surface area contributed by atoms with E-state index in [0.29, 0.717) is 13.1 Å². The summed E-state index contributed by atoms with van der Waals surface area (Å²) >= 11 is 0. The van der Waals surface area contributed by atoms with Crippen LogP contribution in [0.15, 0.2) is 30.6 Å². The summed E-state index contributed by atoms with van der Waals surface area (Å²) < 4.78 is 1.98. The lowest BCUT2D eigenvalue weighted by Crippen LogP contribution is -2.38. The molecule has 0 radical (unpaired) electrons. The molecule has 2 rings (SSSR count). The van der Waals surface area contributed by atoms with Crippen LogP contribution in [-0.2, 0) is 6.54 Å². The Hall–Kier alpha value is -1.83. The Morgan fingerprint density at radius 2 is 2.15 bits per heavy atom. The summed E-state index contributed by atoms with van der Waals surface area (Å²) in [5.74, 6) is 0. The molecule has 2 aromatic heterocycles. The van der Waals surface area contributed by atoms with E-state index in [1.54, 1.807) is 13.8 Å². The monoisotopic (exact) mass is 271 g/mol. The van der Waals surface area contributed by atoms with Crippen molar-refractivity contribution >= 4 is 5.52 Å². The van der Waals surface area contributed by atoms with E-state index in [9.17, 15) is 10.4 Å². The van der Waals surface area contributed by atoms with Gasteiger partial charge in [0.05, 0.1) is 16.7 Å². The molecule has 4 heteroatoms. The fraction of sp³-hybridized carbons (Fsp3) is 0.438. The van der Waals surface area contributed by atoms with Crippen LogP contribution < -0.4 is 0 Å². The van der Waals surface area contributed by atoms with Crippen molar-refractivity contribution in [1.82, 2.24) is 9.30 Å². The molecule has 2 aromatic rings. The molecule has 0 saturated carbocycles. The largest absolute Gasteiger partial charge is 0.389 e. The first-order valence-corrected chi connectivity index (χ1v) is 6.88. The van der Waals surface area contributed by atoms with E-state index in [0.717, 1.165) is 23.2 Å². The highest BCUT2D eigenvalue weighted by atomic mass is 16.3. The van der Waals surface area contributed by atoms with Crippen molar-refractivity contribution in [1.29, 1.82) is 5.26 Å². The third-order valence-electron chi connectivity index (χ3n) is 3.33. The van der Waals surface area contributed by atoms with Crippen molar-refractivity contribution in [3.05, 3.63) is 41.7 Å². The third kappa shape index (κ3) is 3.19. The van der Waals surface area contributed by atoms with Crippen LogP contribution in [0.25, 0.3) is 5.52 Å². The standard InChI is InChI=1S/C16H21N3O/c1-4-18(12-16(2,3)20)10-13-11-19-8-6-5-7-15(19)14(13)9-17/h5-8,11,20H,4,10,12H2,1-3H3. The molecule has 0 aliphatic carbocycles. The number of nitrogens with zero attached hydrogens (tertiary/aromatic N) is 3. The van der Waals surface area contributed by atoms with E-state index in [-0.39, 0.29) is 0 Å². The number of rotatable bonds is 5. The molecule has 0 spiro atoms. The molecule has 2 heterocycles.